The van der Waals surface area contributed by atoms with E-state index in [-0.39, 0.29) is 0 Å². The van der Waals surface area contributed by atoms with Crippen LogP contribution in [0.4, 0.5) is 0 Å². The van der Waals surface area contributed by atoms with Crippen LogP contribution in [-0.4, -0.2) is 22.1 Å². The Kier molecular flexibility index (Phi) is 3.82. The molecule has 5 nitrogen and oxygen atoms in total. The number of rotatable bonds is 4. The molecule has 2 aromatic rings. The van der Waals surface area contributed by atoms with E-state index in [1.165, 1.54) is 0 Å². The second-order valence-electron chi connectivity index (χ2n) is 4.68. The molecule has 18 heavy (non-hydrogen) atoms. The first-order valence-electron chi connectivity index (χ1n) is 6.12. The van der Waals surface area contributed by atoms with E-state index in [0.29, 0.717) is 18.4 Å². The lowest BCUT2D eigenvalue weighted by Gasteiger charge is -2.07. The van der Waals surface area contributed by atoms with Gasteiger partial charge >= 0.3 is 0 Å². The largest absolute Gasteiger partial charge is 0.370 e. The van der Waals surface area contributed by atoms with Crippen LogP contribution in [0, 0.1) is 5.92 Å². The molecule has 96 valence electrons. The van der Waals surface area contributed by atoms with Crippen LogP contribution in [0.2, 0.25) is 0 Å². The number of hydrogen-bond acceptors (Lipinski definition) is 2. The monoisotopic (exact) mass is 245 g/mol. The van der Waals surface area contributed by atoms with Crippen LogP contribution in [-0.2, 0) is 6.54 Å². The topological polar surface area (TPSA) is 67.7 Å². The molecule has 0 aliphatic heterocycles. The molecule has 0 bridgehead atoms. The number of pyridine rings is 1. The van der Waals surface area contributed by atoms with E-state index in [2.05, 4.69) is 29.3 Å². The van der Waals surface area contributed by atoms with Crippen LogP contribution >= 0.6 is 0 Å². The van der Waals surface area contributed by atoms with Crippen molar-refractivity contribution in [2.75, 3.05) is 6.54 Å². The van der Waals surface area contributed by atoms with Crippen molar-refractivity contribution in [3.05, 3.63) is 36.2 Å². The maximum absolute atomic E-state index is 5.79. The van der Waals surface area contributed by atoms with Gasteiger partial charge in [0.05, 0.1) is 18.3 Å². The average Bonchev–Trinajstić information content (AvgIpc) is 2.77. The third-order valence-electron chi connectivity index (χ3n) is 2.62. The molecule has 2 aromatic heterocycles. The summed E-state index contributed by atoms with van der Waals surface area (Å²) in [5.41, 5.74) is 7.94. The third-order valence-corrected chi connectivity index (χ3v) is 2.62. The summed E-state index contributed by atoms with van der Waals surface area (Å²) < 4.78 is 1.84. The Balaban J connectivity index is 2.03. The van der Waals surface area contributed by atoms with Crippen molar-refractivity contribution < 1.29 is 0 Å². The molecule has 0 aliphatic carbocycles. The van der Waals surface area contributed by atoms with Gasteiger partial charge in [0, 0.05) is 18.3 Å². The van der Waals surface area contributed by atoms with Gasteiger partial charge in [0.15, 0.2) is 5.96 Å². The van der Waals surface area contributed by atoms with E-state index in [4.69, 9.17) is 5.73 Å². The standard InChI is InChI=1S/C13H19N5/c1-10(2)7-15-13(14)16-8-11-9-17-18-6-4-3-5-12(11)18/h3-6,9-10H,7-8H2,1-2H3,(H3,14,15,16). The van der Waals surface area contributed by atoms with Crippen LogP contribution < -0.4 is 11.1 Å². The number of nitrogens with zero attached hydrogens (tertiary/aromatic N) is 3. The van der Waals surface area contributed by atoms with E-state index in [1.54, 1.807) is 0 Å². The Bertz CT molecular complexity index is 541. The number of nitrogens with two attached hydrogens (primary N) is 1. The number of aromatic nitrogens is 2. The molecule has 0 saturated carbocycles. The van der Waals surface area contributed by atoms with E-state index in [1.807, 2.05) is 35.1 Å². The van der Waals surface area contributed by atoms with Gasteiger partial charge in [0.2, 0.25) is 0 Å². The van der Waals surface area contributed by atoms with Crippen molar-refractivity contribution in [1.82, 2.24) is 14.9 Å². The highest BCUT2D eigenvalue weighted by molar-refractivity contribution is 5.77. The normalized spacial score (nSPS) is 12.3. The first-order valence-corrected chi connectivity index (χ1v) is 6.12. The average molecular weight is 245 g/mol. The summed E-state index contributed by atoms with van der Waals surface area (Å²) in [5.74, 6) is 1.04. The van der Waals surface area contributed by atoms with Crippen LogP contribution in [0.15, 0.2) is 35.6 Å². The molecule has 0 aromatic carbocycles. The third kappa shape index (κ3) is 3.00. The van der Waals surface area contributed by atoms with Gasteiger partial charge in [0.25, 0.3) is 0 Å². The molecule has 5 heteroatoms. The number of guanidine groups is 1. The van der Waals surface area contributed by atoms with Crippen molar-refractivity contribution in [1.29, 1.82) is 0 Å². The molecule has 2 rings (SSSR count). The summed E-state index contributed by atoms with van der Waals surface area (Å²) in [4.78, 5) is 4.32. The summed E-state index contributed by atoms with van der Waals surface area (Å²) in [6.45, 7) is 5.64. The molecule has 0 fully saturated rings. The lowest BCUT2D eigenvalue weighted by Crippen LogP contribution is -2.34. The molecule has 2 heterocycles. The zero-order valence-electron chi connectivity index (χ0n) is 10.8. The van der Waals surface area contributed by atoms with E-state index < -0.39 is 0 Å². The molecule has 0 aliphatic rings. The predicted molar refractivity (Wildman–Crippen MR) is 73.4 cm³/mol. The molecule has 0 unspecified atom stereocenters. The minimum Gasteiger partial charge on any atom is -0.370 e. The molecular formula is C13H19N5. The van der Waals surface area contributed by atoms with Gasteiger partial charge in [-0.25, -0.2) is 9.51 Å². The van der Waals surface area contributed by atoms with E-state index >= 15 is 0 Å². The van der Waals surface area contributed by atoms with Crippen molar-refractivity contribution in [3.63, 3.8) is 0 Å². The zero-order chi connectivity index (χ0) is 13.0. The minimum absolute atomic E-state index is 0.485. The molecule has 3 N–H and O–H groups in total. The number of aliphatic imine (C=N–C) groups is 1. The Morgan fingerprint density at radius 3 is 3.11 bits per heavy atom. The summed E-state index contributed by atoms with van der Waals surface area (Å²) in [6, 6.07) is 5.96. The number of hydrogen-bond donors (Lipinski definition) is 2. The van der Waals surface area contributed by atoms with Crippen molar-refractivity contribution >= 4 is 11.5 Å². The SMILES string of the molecule is CC(C)CNC(N)=NCc1cnn2ccccc12. The minimum atomic E-state index is 0.485. The first-order chi connectivity index (χ1) is 8.66. The van der Waals surface area contributed by atoms with Gasteiger partial charge in [-0.15, -0.1) is 0 Å². The quantitative estimate of drug-likeness (QED) is 0.632. The molecule has 0 saturated heterocycles. The summed E-state index contributed by atoms with van der Waals surface area (Å²) >= 11 is 0. The zero-order valence-corrected chi connectivity index (χ0v) is 10.8. The van der Waals surface area contributed by atoms with Crippen molar-refractivity contribution in [3.8, 4) is 0 Å². The van der Waals surface area contributed by atoms with Crippen LogP contribution in [0.5, 0.6) is 0 Å². The Morgan fingerprint density at radius 2 is 2.33 bits per heavy atom. The lowest BCUT2D eigenvalue weighted by atomic mass is 10.2. The second kappa shape index (κ2) is 5.53. The van der Waals surface area contributed by atoms with Gasteiger partial charge in [0.1, 0.15) is 0 Å². The summed E-state index contributed by atoms with van der Waals surface area (Å²) in [5, 5.41) is 7.35. The molecule has 0 spiro atoms. The fourth-order valence-corrected chi connectivity index (χ4v) is 1.64. The highest BCUT2D eigenvalue weighted by Gasteiger charge is 2.02. The Morgan fingerprint density at radius 1 is 1.50 bits per heavy atom. The first kappa shape index (κ1) is 12.4. The van der Waals surface area contributed by atoms with Crippen LogP contribution in [0.3, 0.4) is 0 Å². The lowest BCUT2D eigenvalue weighted by molar-refractivity contribution is 0.622. The Hall–Kier alpha value is -2.04. The second-order valence-corrected chi connectivity index (χ2v) is 4.68. The van der Waals surface area contributed by atoms with Crippen LogP contribution in [0.25, 0.3) is 5.52 Å². The molecule has 0 amide bonds. The molecule has 0 radical (unpaired) electrons. The highest BCUT2D eigenvalue weighted by Crippen LogP contribution is 2.10. The van der Waals surface area contributed by atoms with Crippen molar-refractivity contribution in [2.24, 2.45) is 16.6 Å². The van der Waals surface area contributed by atoms with Gasteiger partial charge in [-0.3, -0.25) is 0 Å². The Labute approximate surface area is 107 Å². The number of fused-ring (bicyclic) bond motifs is 1. The van der Waals surface area contributed by atoms with Gasteiger partial charge < -0.3 is 11.1 Å². The fourth-order valence-electron chi connectivity index (χ4n) is 1.64. The smallest absolute Gasteiger partial charge is 0.188 e. The summed E-state index contributed by atoms with van der Waals surface area (Å²) in [6.07, 6.45) is 3.75. The van der Waals surface area contributed by atoms with Gasteiger partial charge in [-0.1, -0.05) is 19.9 Å². The maximum Gasteiger partial charge on any atom is 0.188 e. The van der Waals surface area contributed by atoms with E-state index in [9.17, 15) is 0 Å². The van der Waals surface area contributed by atoms with Crippen molar-refractivity contribution in [2.45, 2.75) is 20.4 Å². The highest BCUT2D eigenvalue weighted by atomic mass is 15.2. The number of nitrogens with one attached hydrogen (secondary N) is 1. The molecular weight excluding hydrogens is 226 g/mol. The summed E-state index contributed by atoms with van der Waals surface area (Å²) in [7, 11) is 0. The van der Waals surface area contributed by atoms with Gasteiger partial charge in [-0.2, -0.15) is 5.10 Å². The molecule has 0 atom stereocenters. The van der Waals surface area contributed by atoms with Crippen LogP contribution in [0.1, 0.15) is 19.4 Å². The predicted octanol–water partition coefficient (Wildman–Crippen LogP) is 1.39. The maximum atomic E-state index is 5.79. The van der Waals surface area contributed by atoms with E-state index in [0.717, 1.165) is 17.6 Å². The van der Waals surface area contributed by atoms with Gasteiger partial charge in [-0.05, 0) is 18.1 Å². The fraction of sp³-hybridized carbons (Fsp3) is 0.385.